The summed E-state index contributed by atoms with van der Waals surface area (Å²) in [6.45, 7) is 2.14. The summed E-state index contributed by atoms with van der Waals surface area (Å²) in [5, 5.41) is 7.51. The molecule has 19 heavy (non-hydrogen) atoms. The topological polar surface area (TPSA) is 52.7 Å². The van der Waals surface area contributed by atoms with E-state index >= 15 is 0 Å². The van der Waals surface area contributed by atoms with E-state index in [2.05, 4.69) is 20.6 Å². The minimum atomic E-state index is 0.674. The van der Waals surface area contributed by atoms with Gasteiger partial charge in [-0.15, -0.1) is 0 Å². The molecular weight excluding hydrogens is 236 g/mol. The number of hydrogen-bond acceptors (Lipinski definition) is 3. The Kier molecular flexibility index (Phi) is 4.51. The van der Waals surface area contributed by atoms with Crippen molar-refractivity contribution >= 4 is 0 Å². The molecule has 3 unspecified atom stereocenters. The molecule has 0 spiro atoms. The van der Waals surface area contributed by atoms with Gasteiger partial charge in [-0.3, -0.25) is 0 Å². The van der Waals surface area contributed by atoms with Crippen LogP contribution in [0.3, 0.4) is 0 Å². The molecule has 1 aliphatic heterocycles. The number of hydrogen-bond donors (Lipinski definition) is 3. The first-order valence-corrected chi connectivity index (χ1v) is 7.87. The third-order valence-corrected chi connectivity index (χ3v) is 4.79. The van der Waals surface area contributed by atoms with Crippen LogP contribution in [0, 0.1) is 5.92 Å². The molecule has 1 saturated heterocycles. The zero-order valence-corrected chi connectivity index (χ0v) is 11.7. The number of nitrogens with one attached hydrogen (secondary N) is 3. The summed E-state index contributed by atoms with van der Waals surface area (Å²) >= 11 is 0. The molecule has 0 bridgehead atoms. The monoisotopic (exact) mass is 262 g/mol. The highest BCUT2D eigenvalue weighted by Crippen LogP contribution is 2.30. The molecule has 1 saturated carbocycles. The van der Waals surface area contributed by atoms with Gasteiger partial charge in [-0.2, -0.15) is 0 Å². The van der Waals surface area contributed by atoms with Crippen LogP contribution in [0.5, 0.6) is 0 Å². The molecule has 3 rings (SSSR count). The van der Waals surface area contributed by atoms with E-state index in [1.165, 1.54) is 57.2 Å². The van der Waals surface area contributed by atoms with Crippen molar-refractivity contribution in [1.82, 2.24) is 20.6 Å². The van der Waals surface area contributed by atoms with Gasteiger partial charge in [0.2, 0.25) is 0 Å². The molecule has 1 aromatic heterocycles. The minimum Gasteiger partial charge on any atom is -0.347 e. The van der Waals surface area contributed by atoms with Crippen LogP contribution in [-0.4, -0.2) is 28.6 Å². The van der Waals surface area contributed by atoms with E-state index in [4.69, 9.17) is 0 Å². The Morgan fingerprint density at radius 1 is 1.16 bits per heavy atom. The molecule has 1 aliphatic carbocycles. The summed E-state index contributed by atoms with van der Waals surface area (Å²) in [5.41, 5.74) is 1.20. The summed E-state index contributed by atoms with van der Waals surface area (Å²) < 4.78 is 0. The lowest BCUT2D eigenvalue weighted by Gasteiger charge is -2.40. The molecule has 0 amide bonds. The fourth-order valence-electron chi connectivity index (χ4n) is 3.76. The molecule has 4 nitrogen and oxygen atoms in total. The van der Waals surface area contributed by atoms with Crippen molar-refractivity contribution in [3.8, 4) is 0 Å². The maximum atomic E-state index is 4.09. The van der Waals surface area contributed by atoms with Gasteiger partial charge in [-0.25, -0.2) is 4.98 Å². The lowest BCUT2D eigenvalue weighted by Crippen LogP contribution is -2.50. The van der Waals surface area contributed by atoms with Crippen molar-refractivity contribution in [2.45, 2.75) is 63.6 Å². The Balaban J connectivity index is 1.56. The van der Waals surface area contributed by atoms with Crippen LogP contribution in [0.25, 0.3) is 0 Å². The number of rotatable bonds is 4. The molecular formula is C15H26N4. The first-order valence-electron chi connectivity index (χ1n) is 7.87. The van der Waals surface area contributed by atoms with Crippen LogP contribution in [0.15, 0.2) is 12.5 Å². The SMILES string of the molecule is c1ncc(CNC2CCCCC2C2CCCCN2)[nH]1. The van der Waals surface area contributed by atoms with Gasteiger partial charge in [-0.1, -0.05) is 19.3 Å². The van der Waals surface area contributed by atoms with Crippen molar-refractivity contribution in [3.05, 3.63) is 18.2 Å². The fraction of sp³-hybridized carbons (Fsp3) is 0.800. The van der Waals surface area contributed by atoms with Gasteiger partial charge in [0.15, 0.2) is 0 Å². The summed E-state index contributed by atoms with van der Waals surface area (Å²) in [6, 6.07) is 1.42. The van der Waals surface area contributed by atoms with Gasteiger partial charge in [-0.05, 0) is 38.1 Å². The average Bonchev–Trinajstić information content (AvgIpc) is 3.00. The molecule has 3 atom stereocenters. The molecule has 3 N–H and O–H groups in total. The van der Waals surface area contributed by atoms with E-state index in [0.717, 1.165) is 18.5 Å². The lowest BCUT2D eigenvalue weighted by atomic mass is 9.77. The van der Waals surface area contributed by atoms with Crippen molar-refractivity contribution in [1.29, 1.82) is 0 Å². The van der Waals surface area contributed by atoms with E-state index in [9.17, 15) is 0 Å². The summed E-state index contributed by atoms with van der Waals surface area (Å²) in [4.78, 5) is 7.27. The maximum Gasteiger partial charge on any atom is 0.0922 e. The predicted octanol–water partition coefficient (Wildman–Crippen LogP) is 2.20. The van der Waals surface area contributed by atoms with E-state index in [1.54, 1.807) is 6.33 Å². The van der Waals surface area contributed by atoms with Crippen molar-refractivity contribution < 1.29 is 0 Å². The standard InChI is InChI=1S/C15H26N4/c1-2-6-15(18-10-12-9-16-11-19-12)13(5-1)14-7-3-4-8-17-14/h9,11,13-15,17-18H,1-8,10H2,(H,16,19). The molecule has 2 aliphatic rings. The van der Waals surface area contributed by atoms with Crippen LogP contribution in [-0.2, 0) is 6.54 Å². The smallest absolute Gasteiger partial charge is 0.0922 e. The van der Waals surface area contributed by atoms with Gasteiger partial charge in [0.1, 0.15) is 0 Å². The zero-order valence-electron chi connectivity index (χ0n) is 11.7. The summed E-state index contributed by atoms with van der Waals surface area (Å²) in [7, 11) is 0. The second-order valence-corrected chi connectivity index (χ2v) is 6.07. The van der Waals surface area contributed by atoms with Gasteiger partial charge >= 0.3 is 0 Å². The first kappa shape index (κ1) is 13.1. The first-order chi connectivity index (χ1) is 9.43. The number of nitrogens with zero attached hydrogens (tertiary/aromatic N) is 1. The third-order valence-electron chi connectivity index (χ3n) is 4.79. The Labute approximate surface area is 115 Å². The van der Waals surface area contributed by atoms with E-state index in [0.29, 0.717) is 6.04 Å². The van der Waals surface area contributed by atoms with Crippen molar-refractivity contribution in [2.24, 2.45) is 5.92 Å². The van der Waals surface area contributed by atoms with Crippen LogP contribution < -0.4 is 10.6 Å². The largest absolute Gasteiger partial charge is 0.347 e. The van der Waals surface area contributed by atoms with E-state index < -0.39 is 0 Å². The second-order valence-electron chi connectivity index (χ2n) is 6.07. The molecule has 106 valence electrons. The Morgan fingerprint density at radius 3 is 2.84 bits per heavy atom. The van der Waals surface area contributed by atoms with Crippen LogP contribution in [0.4, 0.5) is 0 Å². The van der Waals surface area contributed by atoms with E-state index in [-0.39, 0.29) is 0 Å². The average molecular weight is 262 g/mol. The van der Waals surface area contributed by atoms with Crippen molar-refractivity contribution in [3.63, 3.8) is 0 Å². The van der Waals surface area contributed by atoms with Crippen molar-refractivity contribution in [2.75, 3.05) is 6.54 Å². The maximum absolute atomic E-state index is 4.09. The number of aromatic amines is 1. The molecule has 1 aromatic rings. The van der Waals surface area contributed by atoms with Gasteiger partial charge in [0.05, 0.1) is 6.33 Å². The van der Waals surface area contributed by atoms with E-state index in [1.807, 2.05) is 6.20 Å². The Bertz CT molecular complexity index is 356. The highest BCUT2D eigenvalue weighted by Gasteiger charge is 2.32. The minimum absolute atomic E-state index is 0.674. The fourth-order valence-corrected chi connectivity index (χ4v) is 3.76. The Morgan fingerprint density at radius 2 is 2.05 bits per heavy atom. The second kappa shape index (κ2) is 6.53. The summed E-state index contributed by atoms with van der Waals surface area (Å²) in [6.07, 6.45) is 13.3. The quantitative estimate of drug-likeness (QED) is 0.780. The number of H-pyrrole nitrogens is 1. The van der Waals surface area contributed by atoms with Gasteiger partial charge < -0.3 is 15.6 Å². The lowest BCUT2D eigenvalue weighted by molar-refractivity contribution is 0.181. The van der Waals surface area contributed by atoms with Gasteiger partial charge in [0, 0.05) is 30.5 Å². The van der Waals surface area contributed by atoms with Gasteiger partial charge in [0.25, 0.3) is 0 Å². The summed E-state index contributed by atoms with van der Waals surface area (Å²) in [5.74, 6) is 0.817. The zero-order chi connectivity index (χ0) is 12.9. The number of piperidine rings is 1. The Hall–Kier alpha value is -0.870. The molecule has 4 heteroatoms. The van der Waals surface area contributed by atoms with Crippen LogP contribution in [0.1, 0.15) is 50.6 Å². The molecule has 2 fully saturated rings. The molecule has 0 radical (unpaired) electrons. The normalized spacial score (nSPS) is 32.3. The third kappa shape index (κ3) is 3.37. The number of aromatic nitrogens is 2. The molecule has 0 aromatic carbocycles. The van der Waals surface area contributed by atoms with Crippen LogP contribution in [0.2, 0.25) is 0 Å². The molecule has 2 heterocycles. The predicted molar refractivity (Wildman–Crippen MR) is 76.8 cm³/mol. The number of imidazole rings is 1. The highest BCUT2D eigenvalue weighted by molar-refractivity contribution is 4.96. The highest BCUT2D eigenvalue weighted by atomic mass is 15.0. The van der Waals surface area contributed by atoms with Crippen LogP contribution >= 0.6 is 0 Å².